The highest BCUT2D eigenvalue weighted by Gasteiger charge is 2.35. The molecule has 5 aromatic carbocycles. The van der Waals surface area contributed by atoms with Crippen LogP contribution in [0.3, 0.4) is 0 Å². The second-order valence-electron chi connectivity index (χ2n) is 10.9. The topological polar surface area (TPSA) is 0 Å². The molecule has 0 aliphatic heterocycles. The van der Waals surface area contributed by atoms with Crippen molar-refractivity contribution in [2.24, 2.45) is 0 Å². The van der Waals surface area contributed by atoms with Crippen LogP contribution in [0.2, 0.25) is 0 Å². The van der Waals surface area contributed by atoms with Crippen molar-refractivity contribution >= 4 is 0 Å². The van der Waals surface area contributed by atoms with Gasteiger partial charge in [0, 0.05) is 5.41 Å². The zero-order valence-corrected chi connectivity index (χ0v) is 21.5. The summed E-state index contributed by atoms with van der Waals surface area (Å²) in [6, 6.07) is 42.7. The van der Waals surface area contributed by atoms with E-state index >= 15 is 0 Å². The molecule has 0 bridgehead atoms. The minimum absolute atomic E-state index is 0.0265. The van der Waals surface area contributed by atoms with E-state index in [2.05, 4.69) is 143 Å². The molecule has 1 aliphatic carbocycles. The van der Waals surface area contributed by atoms with Gasteiger partial charge in [-0.3, -0.25) is 0 Å². The molecule has 0 fully saturated rings. The van der Waals surface area contributed by atoms with Crippen LogP contribution >= 0.6 is 0 Å². The maximum absolute atomic E-state index is 2.39. The van der Waals surface area contributed by atoms with E-state index in [0.717, 1.165) is 0 Å². The molecule has 0 heteroatoms. The first-order valence-corrected chi connectivity index (χ1v) is 13.0. The van der Waals surface area contributed by atoms with Crippen LogP contribution in [0.1, 0.15) is 50.3 Å². The van der Waals surface area contributed by atoms with E-state index in [1.54, 1.807) is 0 Å². The molecule has 6 rings (SSSR count). The van der Waals surface area contributed by atoms with Crippen molar-refractivity contribution in [2.75, 3.05) is 0 Å². The molecule has 0 spiro atoms. The first-order valence-electron chi connectivity index (χ1n) is 13.0. The lowest BCUT2D eigenvalue weighted by molar-refractivity contribution is 0.660. The second kappa shape index (κ2) is 8.64. The van der Waals surface area contributed by atoms with Crippen molar-refractivity contribution in [3.05, 3.63) is 132 Å². The van der Waals surface area contributed by atoms with E-state index in [9.17, 15) is 0 Å². The Bertz CT molecular complexity index is 1530. The Hall–Kier alpha value is -3.90. The van der Waals surface area contributed by atoms with E-state index < -0.39 is 0 Å². The third-order valence-corrected chi connectivity index (χ3v) is 7.93. The van der Waals surface area contributed by atoms with E-state index in [0.29, 0.717) is 5.92 Å². The van der Waals surface area contributed by atoms with Gasteiger partial charge in [-0.2, -0.15) is 0 Å². The standard InChI is InChI=1S/C36H32/c1-24(2)25-9-11-26(12-10-25)27-13-15-28(16-14-27)29-17-19-30(20-18-29)31-21-22-33-32-7-5-6-8-34(32)36(3,4)35(33)23-31/h5-24H,1-4H3. The third-order valence-electron chi connectivity index (χ3n) is 7.93. The summed E-state index contributed by atoms with van der Waals surface area (Å²) in [4.78, 5) is 0. The molecule has 1 aliphatic rings. The summed E-state index contributed by atoms with van der Waals surface area (Å²) in [6.07, 6.45) is 0. The van der Waals surface area contributed by atoms with Gasteiger partial charge in [-0.15, -0.1) is 0 Å². The van der Waals surface area contributed by atoms with Gasteiger partial charge in [-0.25, -0.2) is 0 Å². The monoisotopic (exact) mass is 464 g/mol. The van der Waals surface area contributed by atoms with Crippen LogP contribution in [-0.2, 0) is 5.41 Å². The lowest BCUT2D eigenvalue weighted by Crippen LogP contribution is -2.14. The van der Waals surface area contributed by atoms with Gasteiger partial charge in [-0.05, 0) is 73.2 Å². The van der Waals surface area contributed by atoms with Crippen LogP contribution in [0, 0.1) is 0 Å². The molecule has 0 amide bonds. The molecule has 0 radical (unpaired) electrons. The van der Waals surface area contributed by atoms with Gasteiger partial charge < -0.3 is 0 Å². The SMILES string of the molecule is CC(C)c1ccc(-c2ccc(-c3ccc(-c4ccc5c(c4)C(C)(C)c4ccccc4-5)cc3)cc2)cc1. The van der Waals surface area contributed by atoms with Crippen LogP contribution in [0.15, 0.2) is 115 Å². The highest BCUT2D eigenvalue weighted by molar-refractivity contribution is 5.84. The molecule has 0 heterocycles. The summed E-state index contributed by atoms with van der Waals surface area (Å²) < 4.78 is 0. The molecule has 0 aromatic heterocycles. The number of hydrogen-bond acceptors (Lipinski definition) is 0. The molecule has 36 heavy (non-hydrogen) atoms. The van der Waals surface area contributed by atoms with Gasteiger partial charge in [0.15, 0.2) is 0 Å². The Kier molecular flexibility index (Phi) is 5.41. The Morgan fingerprint density at radius 2 is 0.861 bits per heavy atom. The van der Waals surface area contributed by atoms with Crippen molar-refractivity contribution < 1.29 is 0 Å². The molecular weight excluding hydrogens is 432 g/mol. The Balaban J connectivity index is 1.25. The summed E-state index contributed by atoms with van der Waals surface area (Å²) in [7, 11) is 0. The zero-order valence-electron chi connectivity index (χ0n) is 21.5. The average Bonchev–Trinajstić information content (AvgIpc) is 3.15. The van der Waals surface area contributed by atoms with Crippen LogP contribution in [0.4, 0.5) is 0 Å². The van der Waals surface area contributed by atoms with E-state index in [4.69, 9.17) is 0 Å². The number of benzene rings is 5. The molecule has 0 unspecified atom stereocenters. The Morgan fingerprint density at radius 3 is 1.39 bits per heavy atom. The summed E-state index contributed by atoms with van der Waals surface area (Å²) in [5.41, 5.74) is 14.5. The molecule has 0 saturated carbocycles. The van der Waals surface area contributed by atoms with Gasteiger partial charge in [0.05, 0.1) is 0 Å². The van der Waals surface area contributed by atoms with Crippen LogP contribution in [0.5, 0.6) is 0 Å². The van der Waals surface area contributed by atoms with Crippen molar-refractivity contribution in [2.45, 2.75) is 39.0 Å². The van der Waals surface area contributed by atoms with Gasteiger partial charge in [0.25, 0.3) is 0 Å². The van der Waals surface area contributed by atoms with Crippen molar-refractivity contribution in [3.63, 3.8) is 0 Å². The van der Waals surface area contributed by atoms with Gasteiger partial charge >= 0.3 is 0 Å². The fourth-order valence-corrected chi connectivity index (χ4v) is 5.65. The average molecular weight is 465 g/mol. The number of rotatable bonds is 4. The highest BCUT2D eigenvalue weighted by atomic mass is 14.4. The molecule has 0 atom stereocenters. The van der Waals surface area contributed by atoms with Gasteiger partial charge in [0.2, 0.25) is 0 Å². The van der Waals surface area contributed by atoms with Crippen LogP contribution < -0.4 is 0 Å². The fraction of sp³-hybridized carbons (Fsp3) is 0.167. The van der Waals surface area contributed by atoms with Gasteiger partial charge in [0.1, 0.15) is 0 Å². The van der Waals surface area contributed by atoms with Crippen molar-refractivity contribution in [1.29, 1.82) is 0 Å². The molecule has 0 nitrogen and oxygen atoms in total. The Labute approximate surface area is 215 Å². The minimum Gasteiger partial charge on any atom is -0.0619 e. The summed E-state index contributed by atoms with van der Waals surface area (Å²) in [5, 5.41) is 0. The predicted octanol–water partition coefficient (Wildman–Crippen LogP) is 10.1. The second-order valence-corrected chi connectivity index (χ2v) is 10.9. The first-order chi connectivity index (χ1) is 17.4. The van der Waals surface area contributed by atoms with E-state index in [1.807, 2.05) is 0 Å². The van der Waals surface area contributed by atoms with E-state index in [1.165, 1.54) is 61.2 Å². The zero-order chi connectivity index (χ0) is 24.9. The smallest absolute Gasteiger partial charge is 0.0159 e. The van der Waals surface area contributed by atoms with Crippen LogP contribution in [0.25, 0.3) is 44.5 Å². The predicted molar refractivity (Wildman–Crippen MR) is 154 cm³/mol. The van der Waals surface area contributed by atoms with Crippen molar-refractivity contribution in [3.8, 4) is 44.5 Å². The van der Waals surface area contributed by atoms with E-state index in [-0.39, 0.29) is 5.41 Å². The molecule has 0 N–H and O–H groups in total. The lowest BCUT2D eigenvalue weighted by Gasteiger charge is -2.22. The maximum atomic E-state index is 2.39. The number of fused-ring (bicyclic) bond motifs is 3. The molecule has 176 valence electrons. The summed E-state index contributed by atoms with van der Waals surface area (Å²) >= 11 is 0. The Morgan fingerprint density at radius 1 is 0.444 bits per heavy atom. The normalized spacial score (nSPS) is 13.5. The quantitative estimate of drug-likeness (QED) is 0.248. The lowest BCUT2D eigenvalue weighted by atomic mass is 9.81. The largest absolute Gasteiger partial charge is 0.0619 e. The molecule has 5 aromatic rings. The number of hydrogen-bond donors (Lipinski definition) is 0. The highest BCUT2D eigenvalue weighted by Crippen LogP contribution is 2.49. The minimum atomic E-state index is 0.0265. The van der Waals surface area contributed by atoms with Gasteiger partial charge in [-0.1, -0.05) is 137 Å². The third kappa shape index (κ3) is 3.78. The fourth-order valence-electron chi connectivity index (χ4n) is 5.65. The molecule has 0 saturated heterocycles. The summed E-state index contributed by atoms with van der Waals surface area (Å²) in [6.45, 7) is 9.15. The first kappa shape index (κ1) is 22.6. The maximum Gasteiger partial charge on any atom is 0.0159 e. The van der Waals surface area contributed by atoms with Crippen LogP contribution in [-0.4, -0.2) is 0 Å². The van der Waals surface area contributed by atoms with Crippen molar-refractivity contribution in [1.82, 2.24) is 0 Å². The molecular formula is C36H32. The summed E-state index contributed by atoms with van der Waals surface area (Å²) in [5.74, 6) is 0.559.